The van der Waals surface area contributed by atoms with Gasteiger partial charge in [0.2, 0.25) is 5.91 Å². The van der Waals surface area contributed by atoms with Crippen molar-refractivity contribution >= 4 is 5.91 Å². The summed E-state index contributed by atoms with van der Waals surface area (Å²) in [5, 5.41) is 3.22. The Morgan fingerprint density at radius 1 is 1.20 bits per heavy atom. The standard InChI is InChI=1S/C17H34N2O/c1-14(15-8-6-4-5-7-9-15)19-16(20)10-11-17(2,3)12-13-18/h14-15H,4-13,18H2,1-3H3,(H,19,20)/t14-/m0/s1. The summed E-state index contributed by atoms with van der Waals surface area (Å²) < 4.78 is 0. The molecular formula is C17H34N2O. The third-order valence-corrected chi connectivity index (χ3v) is 4.85. The lowest BCUT2D eigenvalue weighted by atomic mass is 9.84. The van der Waals surface area contributed by atoms with Gasteiger partial charge >= 0.3 is 0 Å². The summed E-state index contributed by atoms with van der Waals surface area (Å²) in [7, 11) is 0. The van der Waals surface area contributed by atoms with Gasteiger partial charge in [-0.3, -0.25) is 4.79 Å². The topological polar surface area (TPSA) is 55.1 Å². The number of nitrogens with two attached hydrogens (primary N) is 1. The summed E-state index contributed by atoms with van der Waals surface area (Å²) in [4.78, 5) is 12.1. The quantitative estimate of drug-likeness (QED) is 0.701. The van der Waals surface area contributed by atoms with Gasteiger partial charge < -0.3 is 11.1 Å². The Kier molecular flexibility index (Phi) is 7.57. The van der Waals surface area contributed by atoms with Crippen molar-refractivity contribution in [2.24, 2.45) is 17.1 Å². The van der Waals surface area contributed by atoms with E-state index in [1.165, 1.54) is 38.5 Å². The van der Waals surface area contributed by atoms with Gasteiger partial charge in [-0.15, -0.1) is 0 Å². The van der Waals surface area contributed by atoms with Crippen molar-refractivity contribution in [1.29, 1.82) is 0 Å². The van der Waals surface area contributed by atoms with Gasteiger partial charge in [-0.2, -0.15) is 0 Å². The maximum atomic E-state index is 12.1. The molecule has 0 saturated heterocycles. The average molecular weight is 282 g/mol. The van der Waals surface area contributed by atoms with E-state index in [1.54, 1.807) is 0 Å². The number of carbonyl (C=O) groups excluding carboxylic acids is 1. The largest absolute Gasteiger partial charge is 0.353 e. The molecule has 3 heteroatoms. The molecule has 0 aromatic rings. The van der Waals surface area contributed by atoms with Crippen LogP contribution in [0.5, 0.6) is 0 Å². The molecule has 1 atom stereocenters. The molecule has 0 heterocycles. The fourth-order valence-electron chi connectivity index (χ4n) is 3.22. The van der Waals surface area contributed by atoms with Crippen LogP contribution in [0.4, 0.5) is 0 Å². The van der Waals surface area contributed by atoms with Crippen molar-refractivity contribution in [3.8, 4) is 0 Å². The normalized spacial score (nSPS) is 19.4. The Balaban J connectivity index is 2.30. The number of amides is 1. The maximum Gasteiger partial charge on any atom is 0.220 e. The number of hydrogen-bond acceptors (Lipinski definition) is 2. The van der Waals surface area contributed by atoms with Gasteiger partial charge in [-0.05, 0) is 50.5 Å². The first kappa shape index (κ1) is 17.5. The van der Waals surface area contributed by atoms with E-state index in [0.29, 0.717) is 24.9 Å². The molecule has 1 aliphatic carbocycles. The fraction of sp³-hybridized carbons (Fsp3) is 0.941. The lowest BCUT2D eigenvalue weighted by Crippen LogP contribution is -2.38. The van der Waals surface area contributed by atoms with E-state index in [4.69, 9.17) is 5.73 Å². The molecule has 0 aromatic carbocycles. The highest BCUT2D eigenvalue weighted by Crippen LogP contribution is 2.27. The summed E-state index contributed by atoms with van der Waals surface area (Å²) in [5.41, 5.74) is 5.79. The second kappa shape index (κ2) is 8.66. The van der Waals surface area contributed by atoms with E-state index in [9.17, 15) is 4.79 Å². The van der Waals surface area contributed by atoms with Crippen LogP contribution in [0.3, 0.4) is 0 Å². The van der Waals surface area contributed by atoms with Gasteiger partial charge in [0.05, 0.1) is 0 Å². The van der Waals surface area contributed by atoms with E-state index in [0.717, 1.165) is 12.8 Å². The number of hydrogen-bond donors (Lipinski definition) is 2. The maximum absolute atomic E-state index is 12.1. The van der Waals surface area contributed by atoms with Gasteiger partial charge in [-0.1, -0.05) is 39.5 Å². The molecule has 0 spiro atoms. The minimum atomic E-state index is 0.178. The minimum Gasteiger partial charge on any atom is -0.353 e. The fourth-order valence-corrected chi connectivity index (χ4v) is 3.22. The molecule has 0 bridgehead atoms. The van der Waals surface area contributed by atoms with Crippen LogP contribution in [-0.2, 0) is 4.79 Å². The molecular weight excluding hydrogens is 248 g/mol. The Morgan fingerprint density at radius 3 is 2.35 bits per heavy atom. The molecule has 3 N–H and O–H groups in total. The summed E-state index contributed by atoms with van der Waals surface area (Å²) in [6.07, 6.45) is 10.5. The highest BCUT2D eigenvalue weighted by Gasteiger charge is 2.22. The zero-order valence-corrected chi connectivity index (χ0v) is 13.7. The van der Waals surface area contributed by atoms with Gasteiger partial charge in [0.25, 0.3) is 0 Å². The van der Waals surface area contributed by atoms with E-state index in [2.05, 4.69) is 26.1 Å². The zero-order valence-electron chi connectivity index (χ0n) is 13.7. The van der Waals surface area contributed by atoms with Crippen molar-refractivity contribution < 1.29 is 4.79 Å². The van der Waals surface area contributed by atoms with Gasteiger partial charge in [0.15, 0.2) is 0 Å². The van der Waals surface area contributed by atoms with Crippen LogP contribution in [0.2, 0.25) is 0 Å². The summed E-state index contributed by atoms with van der Waals surface area (Å²) in [5.74, 6) is 0.894. The Morgan fingerprint density at radius 2 is 1.80 bits per heavy atom. The van der Waals surface area contributed by atoms with Crippen LogP contribution in [0.15, 0.2) is 0 Å². The van der Waals surface area contributed by atoms with Crippen LogP contribution in [0.1, 0.15) is 78.6 Å². The second-order valence-corrected chi connectivity index (χ2v) is 7.31. The minimum absolute atomic E-state index is 0.178. The lowest BCUT2D eigenvalue weighted by Gasteiger charge is -2.26. The van der Waals surface area contributed by atoms with Crippen molar-refractivity contribution in [2.45, 2.75) is 84.6 Å². The SMILES string of the molecule is C[C@H](NC(=O)CCC(C)(C)CCN)C1CCCCCC1. The number of nitrogens with one attached hydrogen (secondary N) is 1. The number of rotatable bonds is 7. The van der Waals surface area contributed by atoms with Gasteiger partial charge in [-0.25, -0.2) is 0 Å². The average Bonchev–Trinajstić information content (AvgIpc) is 2.65. The molecule has 1 rings (SSSR count). The van der Waals surface area contributed by atoms with Crippen molar-refractivity contribution in [1.82, 2.24) is 5.32 Å². The van der Waals surface area contributed by atoms with E-state index in [-0.39, 0.29) is 11.3 Å². The van der Waals surface area contributed by atoms with Crippen LogP contribution in [0, 0.1) is 11.3 Å². The third-order valence-electron chi connectivity index (χ3n) is 4.85. The molecule has 1 fully saturated rings. The molecule has 1 saturated carbocycles. The lowest BCUT2D eigenvalue weighted by molar-refractivity contribution is -0.122. The van der Waals surface area contributed by atoms with E-state index < -0.39 is 0 Å². The van der Waals surface area contributed by atoms with Crippen molar-refractivity contribution in [3.63, 3.8) is 0 Å². The van der Waals surface area contributed by atoms with Gasteiger partial charge in [0.1, 0.15) is 0 Å². The third kappa shape index (κ3) is 6.74. The van der Waals surface area contributed by atoms with Crippen LogP contribution in [0.25, 0.3) is 0 Å². The number of carbonyl (C=O) groups is 1. The first-order valence-electron chi connectivity index (χ1n) is 8.44. The Hall–Kier alpha value is -0.570. The van der Waals surface area contributed by atoms with Crippen LogP contribution >= 0.6 is 0 Å². The Labute approximate surface area is 125 Å². The molecule has 1 aliphatic rings. The molecule has 0 unspecified atom stereocenters. The first-order chi connectivity index (χ1) is 9.44. The highest BCUT2D eigenvalue weighted by molar-refractivity contribution is 5.76. The van der Waals surface area contributed by atoms with Crippen LogP contribution in [-0.4, -0.2) is 18.5 Å². The molecule has 20 heavy (non-hydrogen) atoms. The smallest absolute Gasteiger partial charge is 0.220 e. The Bertz CT molecular complexity index is 281. The highest BCUT2D eigenvalue weighted by atomic mass is 16.1. The predicted octanol–water partition coefficient (Wildman–Crippen LogP) is 3.62. The first-order valence-corrected chi connectivity index (χ1v) is 8.44. The molecule has 0 aliphatic heterocycles. The molecule has 3 nitrogen and oxygen atoms in total. The van der Waals surface area contributed by atoms with Gasteiger partial charge in [0, 0.05) is 12.5 Å². The molecule has 118 valence electrons. The molecule has 0 aromatic heterocycles. The monoisotopic (exact) mass is 282 g/mol. The molecule has 0 radical (unpaired) electrons. The van der Waals surface area contributed by atoms with E-state index in [1.807, 2.05) is 0 Å². The summed E-state index contributed by atoms with van der Waals surface area (Å²) >= 11 is 0. The summed E-state index contributed by atoms with van der Waals surface area (Å²) in [6, 6.07) is 0.332. The van der Waals surface area contributed by atoms with Crippen LogP contribution < -0.4 is 11.1 Å². The zero-order chi connectivity index (χ0) is 15.0. The molecule has 1 amide bonds. The van der Waals surface area contributed by atoms with Crippen molar-refractivity contribution in [3.05, 3.63) is 0 Å². The van der Waals surface area contributed by atoms with E-state index >= 15 is 0 Å². The summed E-state index contributed by atoms with van der Waals surface area (Å²) in [6.45, 7) is 7.27. The van der Waals surface area contributed by atoms with Crippen molar-refractivity contribution in [2.75, 3.05) is 6.54 Å². The second-order valence-electron chi connectivity index (χ2n) is 7.31. The predicted molar refractivity (Wildman–Crippen MR) is 85.5 cm³/mol.